The molecule has 0 aromatic rings. The first-order chi connectivity index (χ1) is 18.7. The molecule has 2 fully saturated rings. The molecule has 2 aliphatic heterocycles. The minimum absolute atomic E-state index is 0.0915. The van der Waals surface area contributed by atoms with Crippen LogP contribution in [0.15, 0.2) is 11.8 Å². The van der Waals surface area contributed by atoms with E-state index >= 15 is 0 Å². The van der Waals surface area contributed by atoms with Gasteiger partial charge >= 0.3 is 0 Å². The van der Waals surface area contributed by atoms with Crippen LogP contribution in [0.5, 0.6) is 0 Å². The highest BCUT2D eigenvalue weighted by atomic mass is 16.7. The van der Waals surface area contributed by atoms with Crippen molar-refractivity contribution in [3.05, 3.63) is 11.8 Å². The van der Waals surface area contributed by atoms with E-state index in [4.69, 9.17) is 24.7 Å². The van der Waals surface area contributed by atoms with Crippen molar-refractivity contribution >= 4 is 17.7 Å². The van der Waals surface area contributed by atoms with Crippen molar-refractivity contribution in [2.45, 2.75) is 107 Å². The second-order valence-electron chi connectivity index (χ2n) is 10.8. The van der Waals surface area contributed by atoms with E-state index < -0.39 is 66.8 Å². The Morgan fingerprint density at radius 2 is 1.65 bits per heavy atom. The van der Waals surface area contributed by atoms with Crippen molar-refractivity contribution in [3.63, 3.8) is 0 Å². The highest BCUT2D eigenvalue weighted by Crippen LogP contribution is 2.32. The monoisotopic (exact) mass is 573 g/mol. The molecule has 2 heterocycles. The van der Waals surface area contributed by atoms with Crippen LogP contribution in [-0.4, -0.2) is 120 Å². The molecular formula is C25H43N5O10. The molecule has 9 N–H and O–H groups in total. The van der Waals surface area contributed by atoms with E-state index in [0.29, 0.717) is 12.2 Å². The van der Waals surface area contributed by atoms with E-state index in [2.05, 4.69) is 21.3 Å². The van der Waals surface area contributed by atoms with E-state index in [1.165, 1.54) is 27.7 Å². The number of nitrogens with one attached hydrogen (secondary N) is 4. The smallest absolute Gasteiger partial charge is 0.220 e. The maximum Gasteiger partial charge on any atom is 0.220 e. The summed E-state index contributed by atoms with van der Waals surface area (Å²) in [5.41, 5.74) is 4.99. The standard InChI is InChI=1S/C25H43N5O10/c1-11(31)28-9-14-6-7-16(29-12(2)32)23(38-14)40-21-17(30-13(3)33)8-15(26)20(18(21)34)39-24-19(35)22(27-5)25(4,36)10-37-24/h6,15-24,27,34-36H,7-10,26H2,1-5H3,(H,28,31)(H,29,32)(H,30,33)/t15-,16+,17+,18-,19-,20+,21-,22-,23+,24-,25+/m1/s1. The van der Waals surface area contributed by atoms with Crippen LogP contribution in [0.4, 0.5) is 0 Å². The van der Waals surface area contributed by atoms with Gasteiger partial charge in [0.25, 0.3) is 0 Å². The maximum absolute atomic E-state index is 12.0. The Bertz CT molecular complexity index is 949. The number of ether oxygens (including phenoxy) is 4. The van der Waals surface area contributed by atoms with Crippen LogP contribution >= 0.6 is 0 Å². The summed E-state index contributed by atoms with van der Waals surface area (Å²) in [4.78, 5) is 35.3. The van der Waals surface area contributed by atoms with Gasteiger partial charge in [-0.1, -0.05) is 0 Å². The van der Waals surface area contributed by atoms with Gasteiger partial charge in [-0.05, 0) is 32.9 Å². The van der Waals surface area contributed by atoms with Crippen LogP contribution in [0.2, 0.25) is 0 Å². The lowest BCUT2D eigenvalue weighted by Gasteiger charge is -2.48. The Hall–Kier alpha value is -2.37. The molecule has 1 saturated carbocycles. The van der Waals surface area contributed by atoms with Gasteiger partial charge in [-0.25, -0.2) is 0 Å². The lowest BCUT2D eigenvalue weighted by Crippen LogP contribution is -2.69. The third-order valence-electron chi connectivity index (χ3n) is 7.23. The zero-order valence-corrected chi connectivity index (χ0v) is 23.5. The molecule has 0 aromatic carbocycles. The lowest BCUT2D eigenvalue weighted by atomic mass is 9.83. The van der Waals surface area contributed by atoms with Gasteiger partial charge in [0.05, 0.1) is 31.3 Å². The summed E-state index contributed by atoms with van der Waals surface area (Å²) in [6.45, 7) is 5.49. The normalized spacial score (nSPS) is 39.9. The molecule has 15 nitrogen and oxygen atoms in total. The summed E-state index contributed by atoms with van der Waals surface area (Å²) >= 11 is 0. The molecule has 40 heavy (non-hydrogen) atoms. The summed E-state index contributed by atoms with van der Waals surface area (Å²) in [7, 11) is 1.58. The molecule has 0 unspecified atom stereocenters. The maximum atomic E-state index is 12.0. The number of rotatable bonds is 9. The van der Waals surface area contributed by atoms with Gasteiger partial charge in [0.15, 0.2) is 6.29 Å². The van der Waals surface area contributed by atoms with Crippen molar-refractivity contribution < 1.29 is 48.7 Å². The van der Waals surface area contributed by atoms with Gasteiger partial charge in [-0.3, -0.25) is 14.4 Å². The first-order valence-corrected chi connectivity index (χ1v) is 13.3. The van der Waals surface area contributed by atoms with Crippen molar-refractivity contribution in [2.75, 3.05) is 20.2 Å². The van der Waals surface area contributed by atoms with Crippen LogP contribution in [0.1, 0.15) is 40.5 Å². The minimum Gasteiger partial charge on any atom is -0.465 e. The number of carbonyl (C=O) groups excluding carboxylic acids is 3. The zero-order chi connectivity index (χ0) is 29.8. The molecule has 11 atom stereocenters. The number of likely N-dealkylation sites (N-methyl/N-ethyl adjacent to an activating group) is 1. The molecule has 3 amide bonds. The van der Waals surface area contributed by atoms with Crippen LogP contribution in [0, 0.1) is 0 Å². The van der Waals surface area contributed by atoms with Crippen LogP contribution in [0.3, 0.4) is 0 Å². The Morgan fingerprint density at radius 1 is 1.02 bits per heavy atom. The number of aliphatic hydroxyl groups excluding tert-OH is 2. The highest BCUT2D eigenvalue weighted by Gasteiger charge is 2.51. The third-order valence-corrected chi connectivity index (χ3v) is 7.23. The van der Waals surface area contributed by atoms with Crippen LogP contribution in [0.25, 0.3) is 0 Å². The predicted molar refractivity (Wildman–Crippen MR) is 139 cm³/mol. The Kier molecular flexibility index (Phi) is 10.9. The van der Waals surface area contributed by atoms with Gasteiger partial charge in [0, 0.05) is 26.8 Å². The fraction of sp³-hybridized carbons (Fsp3) is 0.800. The Morgan fingerprint density at radius 3 is 2.25 bits per heavy atom. The fourth-order valence-corrected chi connectivity index (χ4v) is 5.36. The first-order valence-electron chi connectivity index (χ1n) is 13.3. The molecule has 3 aliphatic rings. The minimum atomic E-state index is -1.43. The third kappa shape index (κ3) is 7.88. The molecule has 1 saturated heterocycles. The molecule has 0 bridgehead atoms. The quantitative estimate of drug-likeness (QED) is 0.136. The lowest BCUT2D eigenvalue weighted by molar-refractivity contribution is -0.303. The number of aliphatic hydroxyl groups is 3. The molecule has 3 rings (SSSR count). The van der Waals surface area contributed by atoms with Gasteiger partial charge in [-0.2, -0.15) is 0 Å². The van der Waals surface area contributed by atoms with Gasteiger partial charge in [-0.15, -0.1) is 0 Å². The van der Waals surface area contributed by atoms with Crippen molar-refractivity contribution in [1.82, 2.24) is 21.3 Å². The van der Waals surface area contributed by atoms with Crippen molar-refractivity contribution in [2.24, 2.45) is 5.73 Å². The summed E-state index contributed by atoms with van der Waals surface area (Å²) < 4.78 is 23.7. The molecule has 0 aromatic heterocycles. The Balaban J connectivity index is 1.82. The van der Waals surface area contributed by atoms with Gasteiger partial charge in [0.1, 0.15) is 35.8 Å². The second kappa shape index (κ2) is 13.5. The average Bonchev–Trinajstić information content (AvgIpc) is 2.84. The summed E-state index contributed by atoms with van der Waals surface area (Å²) in [6, 6.07) is -2.98. The topological polar surface area (TPSA) is 223 Å². The van der Waals surface area contributed by atoms with Crippen LogP contribution in [-0.2, 0) is 33.3 Å². The molecule has 0 radical (unpaired) electrons. The summed E-state index contributed by atoms with van der Waals surface area (Å²) in [5, 5.41) is 43.8. The largest absolute Gasteiger partial charge is 0.465 e. The van der Waals surface area contributed by atoms with E-state index in [9.17, 15) is 29.7 Å². The van der Waals surface area contributed by atoms with E-state index in [1.807, 2.05) is 0 Å². The van der Waals surface area contributed by atoms with E-state index in [0.717, 1.165) is 0 Å². The van der Waals surface area contributed by atoms with Crippen molar-refractivity contribution in [3.8, 4) is 0 Å². The number of hydrogen-bond acceptors (Lipinski definition) is 12. The highest BCUT2D eigenvalue weighted by molar-refractivity contribution is 5.74. The number of carbonyl (C=O) groups is 3. The second-order valence-corrected chi connectivity index (χ2v) is 10.8. The summed E-state index contributed by atoms with van der Waals surface area (Å²) in [5.74, 6) is -0.569. The number of hydrogen-bond donors (Lipinski definition) is 8. The SMILES string of the molecule is CN[C@@H]1[C@@H](O)[C@@H](O[C@@H]2[C@@H](O)[C@H](O[C@@H]3OC(CNC(C)=O)=CC[C@@H]3NC(C)=O)[C@@H](NC(C)=O)C[C@H]2N)OC[C@]1(C)O. The van der Waals surface area contributed by atoms with Gasteiger partial charge < -0.3 is 61.3 Å². The van der Waals surface area contributed by atoms with Crippen molar-refractivity contribution in [1.29, 1.82) is 0 Å². The molecular weight excluding hydrogens is 530 g/mol. The van der Waals surface area contributed by atoms with Crippen LogP contribution < -0.4 is 27.0 Å². The fourth-order valence-electron chi connectivity index (χ4n) is 5.36. The number of nitrogens with two attached hydrogens (primary N) is 1. The average molecular weight is 574 g/mol. The molecule has 1 aliphatic carbocycles. The predicted octanol–water partition coefficient (Wildman–Crippen LogP) is -3.32. The molecule has 15 heteroatoms. The summed E-state index contributed by atoms with van der Waals surface area (Å²) in [6.07, 6.45) is -5.10. The van der Waals surface area contributed by atoms with Gasteiger partial charge in [0.2, 0.25) is 24.0 Å². The number of amides is 3. The zero-order valence-electron chi connectivity index (χ0n) is 23.5. The van der Waals surface area contributed by atoms with E-state index in [1.54, 1.807) is 13.1 Å². The first kappa shape index (κ1) is 32.1. The molecule has 228 valence electrons. The Labute approximate surface area is 233 Å². The molecule has 0 spiro atoms. The van der Waals surface area contributed by atoms with E-state index in [-0.39, 0.29) is 37.3 Å².